The molecule has 0 saturated heterocycles. The first kappa shape index (κ1) is 11.9. The van der Waals surface area contributed by atoms with Crippen LogP contribution in [0.4, 0.5) is 0 Å². The monoisotopic (exact) mass is 273 g/mol. The molecule has 0 N–H and O–H groups in total. The van der Waals surface area contributed by atoms with Gasteiger partial charge < -0.3 is 4.74 Å². The van der Waals surface area contributed by atoms with Gasteiger partial charge in [0.05, 0.1) is 11.6 Å². The van der Waals surface area contributed by atoms with Crippen molar-refractivity contribution in [1.82, 2.24) is 14.6 Å². The van der Waals surface area contributed by atoms with E-state index < -0.39 is 0 Å². The molecular formula is C13H11N3O2S. The van der Waals surface area contributed by atoms with Crippen LogP contribution in [-0.2, 0) is 0 Å². The van der Waals surface area contributed by atoms with Crippen molar-refractivity contribution >= 4 is 22.4 Å². The number of nitrogens with zero attached hydrogens (tertiary/aromatic N) is 3. The molecule has 0 fully saturated rings. The highest BCUT2D eigenvalue weighted by molar-refractivity contribution is 7.15. The summed E-state index contributed by atoms with van der Waals surface area (Å²) in [6.45, 7) is 1.77. The Bertz CT molecular complexity index is 833. The zero-order chi connectivity index (χ0) is 13.4. The van der Waals surface area contributed by atoms with Crippen LogP contribution in [0.5, 0.6) is 5.75 Å². The highest BCUT2D eigenvalue weighted by Gasteiger charge is 2.08. The van der Waals surface area contributed by atoms with Crippen LogP contribution in [0.3, 0.4) is 0 Å². The predicted octanol–water partition coefficient (Wildman–Crippen LogP) is 1.02. The van der Waals surface area contributed by atoms with E-state index in [4.69, 9.17) is 4.74 Å². The van der Waals surface area contributed by atoms with E-state index in [-0.39, 0.29) is 5.56 Å². The molecule has 6 heteroatoms. The molecule has 2 heterocycles. The topological polar surface area (TPSA) is 56.5 Å². The number of hydrogen-bond acceptors (Lipinski definition) is 5. The number of aryl methyl sites for hydroxylation is 1. The summed E-state index contributed by atoms with van der Waals surface area (Å²) in [5.41, 5.74) is 0.881. The molecule has 0 aliphatic carbocycles. The van der Waals surface area contributed by atoms with Gasteiger partial charge in [0.2, 0.25) is 4.96 Å². The van der Waals surface area contributed by atoms with Crippen molar-refractivity contribution in [2.24, 2.45) is 0 Å². The van der Waals surface area contributed by atoms with E-state index in [9.17, 15) is 4.79 Å². The Kier molecular flexibility index (Phi) is 2.79. The van der Waals surface area contributed by atoms with Gasteiger partial charge in [-0.25, -0.2) is 4.40 Å². The fourth-order valence-corrected chi connectivity index (χ4v) is 2.80. The Labute approximate surface area is 112 Å². The molecule has 0 bridgehead atoms. The molecule has 1 aromatic carbocycles. The summed E-state index contributed by atoms with van der Waals surface area (Å²) in [6.07, 6.45) is 1.85. The molecule has 0 radical (unpaired) electrons. The SMILES string of the molecule is COc1ccc(/C=c2/sc3nnc(C)n3c2=O)cc1. The summed E-state index contributed by atoms with van der Waals surface area (Å²) in [5.74, 6) is 1.41. The van der Waals surface area contributed by atoms with E-state index in [1.54, 1.807) is 14.0 Å². The predicted molar refractivity (Wildman–Crippen MR) is 73.7 cm³/mol. The standard InChI is InChI=1S/C13H11N3O2S/c1-8-14-15-13-16(8)12(17)11(19-13)7-9-3-5-10(18-2)6-4-9/h3-7H,1-2H3/b11-7+. The molecule has 5 nitrogen and oxygen atoms in total. The van der Waals surface area contributed by atoms with Gasteiger partial charge in [-0.3, -0.25) is 4.79 Å². The van der Waals surface area contributed by atoms with Gasteiger partial charge in [0.25, 0.3) is 5.56 Å². The third-order valence-corrected chi connectivity index (χ3v) is 3.78. The molecule has 0 amide bonds. The average molecular weight is 273 g/mol. The van der Waals surface area contributed by atoms with Gasteiger partial charge in [-0.05, 0) is 30.7 Å². The molecule has 3 aromatic rings. The van der Waals surface area contributed by atoms with E-state index in [2.05, 4.69) is 10.2 Å². The summed E-state index contributed by atoms with van der Waals surface area (Å²) < 4.78 is 7.28. The number of thiazole rings is 1. The summed E-state index contributed by atoms with van der Waals surface area (Å²) in [5, 5.41) is 7.84. The largest absolute Gasteiger partial charge is 0.497 e. The third-order valence-electron chi connectivity index (χ3n) is 2.82. The number of hydrogen-bond donors (Lipinski definition) is 0. The first-order chi connectivity index (χ1) is 9.19. The smallest absolute Gasteiger partial charge is 0.275 e. The minimum absolute atomic E-state index is 0.0710. The van der Waals surface area contributed by atoms with Crippen LogP contribution in [0, 0.1) is 6.92 Å². The minimum atomic E-state index is -0.0710. The second-order valence-corrected chi connectivity index (χ2v) is 5.06. The summed E-state index contributed by atoms with van der Waals surface area (Å²) >= 11 is 1.34. The van der Waals surface area contributed by atoms with Crippen molar-refractivity contribution in [1.29, 1.82) is 0 Å². The number of benzene rings is 1. The second kappa shape index (κ2) is 4.47. The van der Waals surface area contributed by atoms with E-state index in [1.165, 1.54) is 15.7 Å². The third kappa shape index (κ3) is 2.00. The molecular weight excluding hydrogens is 262 g/mol. The Hall–Kier alpha value is -2.21. The quantitative estimate of drug-likeness (QED) is 0.699. The van der Waals surface area contributed by atoms with Crippen LogP contribution in [0.25, 0.3) is 11.0 Å². The molecule has 3 rings (SSSR count). The van der Waals surface area contributed by atoms with Crippen molar-refractivity contribution in [3.05, 3.63) is 50.5 Å². The normalized spacial score (nSPS) is 12.2. The van der Waals surface area contributed by atoms with E-state index in [0.29, 0.717) is 15.3 Å². The molecule has 0 unspecified atom stereocenters. The molecule has 2 aromatic heterocycles. The first-order valence-electron chi connectivity index (χ1n) is 5.69. The lowest BCUT2D eigenvalue weighted by atomic mass is 10.2. The molecule has 96 valence electrons. The summed E-state index contributed by atoms with van der Waals surface area (Å²) in [6, 6.07) is 7.54. The summed E-state index contributed by atoms with van der Waals surface area (Å²) in [7, 11) is 1.62. The van der Waals surface area contributed by atoms with Crippen molar-refractivity contribution in [3.8, 4) is 5.75 Å². The van der Waals surface area contributed by atoms with Crippen molar-refractivity contribution < 1.29 is 4.74 Å². The first-order valence-corrected chi connectivity index (χ1v) is 6.51. The van der Waals surface area contributed by atoms with E-state index >= 15 is 0 Å². The number of fused-ring (bicyclic) bond motifs is 1. The molecule has 0 saturated carbocycles. The van der Waals surface area contributed by atoms with Crippen LogP contribution in [0.2, 0.25) is 0 Å². The van der Waals surface area contributed by atoms with Crippen LogP contribution >= 0.6 is 11.3 Å². The zero-order valence-corrected chi connectivity index (χ0v) is 11.3. The van der Waals surface area contributed by atoms with Gasteiger partial charge in [-0.15, -0.1) is 10.2 Å². The van der Waals surface area contributed by atoms with Crippen LogP contribution < -0.4 is 14.8 Å². The van der Waals surface area contributed by atoms with Crippen molar-refractivity contribution in [3.63, 3.8) is 0 Å². The van der Waals surface area contributed by atoms with Gasteiger partial charge in [0.1, 0.15) is 11.6 Å². The fourth-order valence-electron chi connectivity index (χ4n) is 1.84. The highest BCUT2D eigenvalue weighted by atomic mass is 32.1. The molecule has 0 atom stereocenters. The maximum atomic E-state index is 12.2. The van der Waals surface area contributed by atoms with Gasteiger partial charge in [0.15, 0.2) is 0 Å². The van der Waals surface area contributed by atoms with Gasteiger partial charge >= 0.3 is 0 Å². The number of aromatic nitrogens is 3. The van der Waals surface area contributed by atoms with Crippen LogP contribution in [0.15, 0.2) is 29.1 Å². The van der Waals surface area contributed by atoms with Gasteiger partial charge in [-0.2, -0.15) is 0 Å². The number of methoxy groups -OCH3 is 1. The molecule has 19 heavy (non-hydrogen) atoms. The average Bonchev–Trinajstić information content (AvgIpc) is 2.93. The van der Waals surface area contributed by atoms with Crippen LogP contribution in [0.1, 0.15) is 11.4 Å². The Morgan fingerprint density at radius 2 is 2.00 bits per heavy atom. The lowest BCUT2D eigenvalue weighted by Gasteiger charge is -1.98. The highest BCUT2D eigenvalue weighted by Crippen LogP contribution is 2.11. The fraction of sp³-hybridized carbons (Fsp3) is 0.154. The zero-order valence-electron chi connectivity index (χ0n) is 10.5. The number of rotatable bonds is 2. The van der Waals surface area contributed by atoms with Gasteiger partial charge in [-0.1, -0.05) is 23.5 Å². The maximum Gasteiger partial charge on any atom is 0.275 e. The van der Waals surface area contributed by atoms with Gasteiger partial charge in [0, 0.05) is 0 Å². The minimum Gasteiger partial charge on any atom is -0.497 e. The number of ether oxygens (including phenoxy) is 1. The lowest BCUT2D eigenvalue weighted by molar-refractivity contribution is 0.415. The van der Waals surface area contributed by atoms with Crippen molar-refractivity contribution in [2.75, 3.05) is 7.11 Å². The van der Waals surface area contributed by atoms with Crippen molar-refractivity contribution in [2.45, 2.75) is 6.92 Å². The molecule has 0 aliphatic heterocycles. The Morgan fingerprint density at radius 3 is 2.63 bits per heavy atom. The van der Waals surface area contributed by atoms with E-state index in [1.807, 2.05) is 30.3 Å². The molecule has 0 spiro atoms. The van der Waals surface area contributed by atoms with Crippen LogP contribution in [-0.4, -0.2) is 21.7 Å². The van der Waals surface area contributed by atoms with E-state index in [0.717, 1.165) is 11.3 Å². The summed E-state index contributed by atoms with van der Waals surface area (Å²) in [4.78, 5) is 12.8. The maximum absolute atomic E-state index is 12.2. The Balaban J connectivity index is 2.14. The Morgan fingerprint density at radius 1 is 1.26 bits per heavy atom. The lowest BCUT2D eigenvalue weighted by Crippen LogP contribution is -2.23. The molecule has 0 aliphatic rings. The second-order valence-electron chi connectivity index (χ2n) is 4.05.